The molecule has 1 aromatic rings. The Morgan fingerprint density at radius 3 is 2.90 bits per heavy atom. The zero-order valence-corrected chi connectivity index (χ0v) is 13.8. The van der Waals surface area contributed by atoms with Gasteiger partial charge in [0.25, 0.3) is 0 Å². The van der Waals surface area contributed by atoms with Crippen LogP contribution in [0.5, 0.6) is 0 Å². The van der Waals surface area contributed by atoms with Crippen LogP contribution in [0.4, 0.5) is 5.69 Å². The molecule has 1 aromatic carbocycles. The van der Waals surface area contributed by atoms with Gasteiger partial charge in [0.05, 0.1) is 11.3 Å². The molecule has 1 heterocycles. The molecule has 0 amide bonds. The molecule has 0 spiro atoms. The van der Waals surface area contributed by atoms with E-state index in [1.165, 1.54) is 6.26 Å². The summed E-state index contributed by atoms with van der Waals surface area (Å²) in [6, 6.07) is 5.48. The van der Waals surface area contributed by atoms with Crippen LogP contribution in [-0.4, -0.2) is 37.8 Å². The maximum Gasteiger partial charge on any atom is 0.211 e. The molecule has 7 heteroatoms. The number of nitrogens with two attached hydrogens (primary N) is 1. The smallest absolute Gasteiger partial charge is 0.211 e. The van der Waals surface area contributed by atoms with E-state index in [4.69, 9.17) is 17.3 Å². The monoisotopic (exact) mass is 334 g/mol. The number of nitrogen functional groups attached to an aromatic ring is 1. The van der Waals surface area contributed by atoms with Crippen molar-refractivity contribution in [3.05, 3.63) is 23.2 Å². The van der Waals surface area contributed by atoms with E-state index in [0.717, 1.165) is 23.5 Å². The van der Waals surface area contributed by atoms with Crippen molar-refractivity contribution in [3.8, 4) is 0 Å². The Kier molecular flexibility index (Phi) is 5.23. The van der Waals surface area contributed by atoms with Crippen molar-refractivity contribution in [1.29, 1.82) is 0 Å². The average Bonchev–Trinajstić information content (AvgIpc) is 2.37. The van der Waals surface area contributed by atoms with E-state index >= 15 is 0 Å². The van der Waals surface area contributed by atoms with Crippen LogP contribution in [0.1, 0.15) is 12.8 Å². The van der Waals surface area contributed by atoms with Crippen molar-refractivity contribution in [2.45, 2.75) is 17.7 Å². The van der Waals surface area contributed by atoms with Gasteiger partial charge in [0.1, 0.15) is 0 Å². The molecule has 0 radical (unpaired) electrons. The van der Waals surface area contributed by atoms with Gasteiger partial charge in [-0.25, -0.2) is 12.7 Å². The molecule has 112 valence electrons. The molecule has 0 aromatic heterocycles. The first-order chi connectivity index (χ1) is 9.38. The zero-order valence-electron chi connectivity index (χ0n) is 11.4. The predicted octanol–water partition coefficient (Wildman–Crippen LogP) is 2.69. The predicted molar refractivity (Wildman–Crippen MR) is 85.7 cm³/mol. The van der Waals surface area contributed by atoms with Crippen molar-refractivity contribution in [1.82, 2.24) is 4.31 Å². The van der Waals surface area contributed by atoms with Gasteiger partial charge in [-0.2, -0.15) is 0 Å². The highest BCUT2D eigenvalue weighted by molar-refractivity contribution is 7.99. The van der Waals surface area contributed by atoms with E-state index in [1.807, 2.05) is 18.2 Å². The molecule has 0 aliphatic carbocycles. The molecule has 1 unspecified atom stereocenters. The highest BCUT2D eigenvalue weighted by Gasteiger charge is 2.26. The number of thioether (sulfide) groups is 1. The van der Waals surface area contributed by atoms with Crippen molar-refractivity contribution in [2.24, 2.45) is 5.92 Å². The van der Waals surface area contributed by atoms with Crippen LogP contribution >= 0.6 is 23.4 Å². The van der Waals surface area contributed by atoms with Gasteiger partial charge in [-0.15, -0.1) is 11.8 Å². The van der Waals surface area contributed by atoms with Gasteiger partial charge >= 0.3 is 0 Å². The molecule has 0 saturated carbocycles. The molecule has 1 saturated heterocycles. The molecule has 1 aliphatic heterocycles. The van der Waals surface area contributed by atoms with Crippen LogP contribution in [-0.2, 0) is 10.0 Å². The largest absolute Gasteiger partial charge is 0.398 e. The number of sulfonamides is 1. The van der Waals surface area contributed by atoms with E-state index in [2.05, 4.69) is 0 Å². The summed E-state index contributed by atoms with van der Waals surface area (Å²) in [5.74, 6) is 1.18. The molecule has 4 nitrogen and oxygen atoms in total. The highest BCUT2D eigenvalue weighted by Crippen LogP contribution is 2.35. The van der Waals surface area contributed by atoms with Crippen LogP contribution in [0.2, 0.25) is 5.02 Å². The third kappa shape index (κ3) is 4.04. The summed E-state index contributed by atoms with van der Waals surface area (Å²) in [5.41, 5.74) is 6.60. The summed E-state index contributed by atoms with van der Waals surface area (Å²) < 4.78 is 24.8. The topological polar surface area (TPSA) is 63.4 Å². The van der Waals surface area contributed by atoms with Gasteiger partial charge in [0, 0.05) is 29.4 Å². The lowest BCUT2D eigenvalue weighted by molar-refractivity contribution is 0.286. The minimum Gasteiger partial charge on any atom is -0.398 e. The first-order valence-electron chi connectivity index (χ1n) is 6.50. The van der Waals surface area contributed by atoms with Crippen molar-refractivity contribution < 1.29 is 8.42 Å². The van der Waals surface area contributed by atoms with Crippen molar-refractivity contribution >= 4 is 39.1 Å². The summed E-state index contributed by atoms with van der Waals surface area (Å²) in [7, 11) is -3.08. The lowest BCUT2D eigenvalue weighted by Gasteiger charge is -2.30. The third-order valence-electron chi connectivity index (χ3n) is 3.41. The SMILES string of the molecule is CS(=O)(=O)N1CCCC(CSc2c(N)cccc2Cl)C1. The molecular weight excluding hydrogens is 316 g/mol. The van der Waals surface area contributed by atoms with E-state index < -0.39 is 10.0 Å². The number of hydrogen-bond acceptors (Lipinski definition) is 4. The van der Waals surface area contributed by atoms with Crippen LogP contribution in [0, 0.1) is 5.92 Å². The Morgan fingerprint density at radius 2 is 2.25 bits per heavy atom. The average molecular weight is 335 g/mol. The van der Waals surface area contributed by atoms with Crippen LogP contribution < -0.4 is 5.73 Å². The number of benzene rings is 1. The molecule has 1 atom stereocenters. The summed E-state index contributed by atoms with van der Waals surface area (Å²) in [4.78, 5) is 0.894. The summed E-state index contributed by atoms with van der Waals surface area (Å²) in [6.45, 7) is 1.23. The van der Waals surface area contributed by atoms with Crippen LogP contribution in [0.15, 0.2) is 23.1 Å². The Labute approximate surface area is 129 Å². The molecule has 1 fully saturated rings. The van der Waals surface area contributed by atoms with E-state index in [9.17, 15) is 8.42 Å². The second kappa shape index (κ2) is 6.56. The maximum atomic E-state index is 11.6. The zero-order chi connectivity index (χ0) is 14.8. The molecule has 20 heavy (non-hydrogen) atoms. The van der Waals surface area contributed by atoms with Gasteiger partial charge in [0.15, 0.2) is 0 Å². The number of rotatable bonds is 4. The Bertz CT molecular complexity index is 557. The first-order valence-corrected chi connectivity index (χ1v) is 9.71. The molecule has 2 N–H and O–H groups in total. The maximum absolute atomic E-state index is 11.6. The van der Waals surface area contributed by atoms with Crippen LogP contribution in [0.25, 0.3) is 0 Å². The fraction of sp³-hybridized carbons (Fsp3) is 0.538. The number of nitrogens with zero attached hydrogens (tertiary/aromatic N) is 1. The highest BCUT2D eigenvalue weighted by atomic mass is 35.5. The fourth-order valence-electron chi connectivity index (χ4n) is 2.34. The van der Waals surface area contributed by atoms with E-state index in [1.54, 1.807) is 16.1 Å². The summed E-state index contributed by atoms with van der Waals surface area (Å²) in [5, 5.41) is 0.658. The van der Waals surface area contributed by atoms with E-state index in [-0.39, 0.29) is 0 Å². The van der Waals surface area contributed by atoms with Gasteiger partial charge < -0.3 is 5.73 Å². The lowest BCUT2D eigenvalue weighted by Crippen LogP contribution is -2.39. The number of halogens is 1. The second-order valence-corrected chi connectivity index (χ2v) is 8.52. The minimum atomic E-state index is -3.08. The Balaban J connectivity index is 1.97. The van der Waals surface area contributed by atoms with Gasteiger partial charge in [-0.1, -0.05) is 17.7 Å². The second-order valence-electron chi connectivity index (χ2n) is 5.10. The lowest BCUT2D eigenvalue weighted by atomic mass is 10.0. The molecule has 1 aliphatic rings. The fourth-order valence-corrected chi connectivity index (χ4v) is 4.75. The number of piperidine rings is 1. The van der Waals surface area contributed by atoms with E-state index in [0.29, 0.717) is 29.7 Å². The number of hydrogen-bond donors (Lipinski definition) is 1. The number of anilines is 1. The minimum absolute atomic E-state index is 0.346. The molecule has 0 bridgehead atoms. The Hall–Kier alpha value is -0.430. The van der Waals surface area contributed by atoms with Crippen molar-refractivity contribution in [3.63, 3.8) is 0 Å². The first kappa shape index (κ1) is 15.9. The van der Waals surface area contributed by atoms with Gasteiger partial charge in [0.2, 0.25) is 10.0 Å². The summed E-state index contributed by atoms with van der Waals surface area (Å²) in [6.07, 6.45) is 3.23. The van der Waals surface area contributed by atoms with Gasteiger partial charge in [-0.3, -0.25) is 0 Å². The third-order valence-corrected chi connectivity index (χ3v) is 6.49. The Morgan fingerprint density at radius 1 is 1.50 bits per heavy atom. The molecular formula is C13H19ClN2O2S2. The molecule has 2 rings (SSSR count). The van der Waals surface area contributed by atoms with Crippen LogP contribution in [0.3, 0.4) is 0 Å². The quantitative estimate of drug-likeness (QED) is 0.679. The normalized spacial score (nSPS) is 21.0. The standard InChI is InChI=1S/C13H19ClN2O2S2/c1-20(17,18)16-7-3-4-10(8-16)9-19-13-11(14)5-2-6-12(13)15/h2,5-6,10H,3-4,7-9,15H2,1H3. The van der Waals surface area contributed by atoms with Gasteiger partial charge in [-0.05, 0) is 30.9 Å². The van der Waals surface area contributed by atoms with Crippen molar-refractivity contribution in [2.75, 3.05) is 30.8 Å². The summed E-state index contributed by atoms with van der Waals surface area (Å²) >= 11 is 7.76.